The highest BCUT2D eigenvalue weighted by Crippen LogP contribution is 2.32. The van der Waals surface area contributed by atoms with Crippen LogP contribution in [0.5, 0.6) is 0 Å². The lowest BCUT2D eigenvalue weighted by Gasteiger charge is -2.44. The molecule has 3 aliphatic rings. The Hall–Kier alpha value is -0.420. The lowest BCUT2D eigenvalue weighted by molar-refractivity contribution is -0.206. The van der Waals surface area contributed by atoms with Crippen molar-refractivity contribution in [1.29, 1.82) is 0 Å². The molecule has 9 heteroatoms. The summed E-state index contributed by atoms with van der Waals surface area (Å²) in [5.41, 5.74) is -0.606. The topological polar surface area (TPSA) is 120 Å². The molecule has 3 rings (SSSR count). The van der Waals surface area contributed by atoms with Gasteiger partial charge in [0, 0.05) is 6.61 Å². The van der Waals surface area contributed by atoms with Gasteiger partial charge in [-0.05, 0) is 38.0 Å². The van der Waals surface area contributed by atoms with Crippen LogP contribution < -0.4 is 10.6 Å². The molecular formula is C20H36N2O6S. The van der Waals surface area contributed by atoms with E-state index in [1.807, 2.05) is 0 Å². The van der Waals surface area contributed by atoms with E-state index in [9.17, 15) is 20.1 Å². The van der Waals surface area contributed by atoms with Gasteiger partial charge in [-0.3, -0.25) is 4.79 Å². The molecule has 0 aromatic rings. The zero-order chi connectivity index (χ0) is 20.8. The van der Waals surface area contributed by atoms with Crippen molar-refractivity contribution in [3.63, 3.8) is 0 Å². The maximum absolute atomic E-state index is 13.0. The van der Waals surface area contributed by atoms with Gasteiger partial charge in [0.2, 0.25) is 5.91 Å². The summed E-state index contributed by atoms with van der Waals surface area (Å²) in [4.78, 5) is 13.0. The summed E-state index contributed by atoms with van der Waals surface area (Å²) in [6, 6.07) is -0.858. The van der Waals surface area contributed by atoms with Gasteiger partial charge in [-0.15, -0.1) is 11.8 Å². The van der Waals surface area contributed by atoms with E-state index in [0.717, 1.165) is 50.8 Å². The number of unbranched alkanes of at least 4 members (excludes halogenated alkanes) is 1. The van der Waals surface area contributed by atoms with Crippen molar-refractivity contribution in [2.75, 3.05) is 18.9 Å². The minimum atomic E-state index is -1.29. The van der Waals surface area contributed by atoms with Gasteiger partial charge in [0.1, 0.15) is 35.9 Å². The second-order valence-electron chi connectivity index (χ2n) is 8.26. The zero-order valence-corrected chi connectivity index (χ0v) is 18.0. The average molecular weight is 433 g/mol. The van der Waals surface area contributed by atoms with E-state index in [1.54, 1.807) is 0 Å². The standard InChI is InChI=1S/C20H36N2O6S/c1-2-3-10-27-13-8-9-21-14(13)19(26)22-12-7-5-4-6-11-29-20-17(25)15(23)16(24)18(12)28-20/h12-18,20-21,23-25H,2-11H2,1H3,(H,22,26). The first-order valence-electron chi connectivity index (χ1n) is 11.0. The molecule has 3 aliphatic heterocycles. The van der Waals surface area contributed by atoms with E-state index in [4.69, 9.17) is 9.47 Å². The maximum atomic E-state index is 13.0. The van der Waals surface area contributed by atoms with Crippen LogP contribution in [0.3, 0.4) is 0 Å². The third-order valence-electron chi connectivity index (χ3n) is 6.05. The van der Waals surface area contributed by atoms with Crippen molar-refractivity contribution >= 4 is 17.7 Å². The molecule has 8 nitrogen and oxygen atoms in total. The lowest BCUT2D eigenvalue weighted by Crippen LogP contribution is -2.64. The van der Waals surface area contributed by atoms with Crippen LogP contribution in [0.15, 0.2) is 0 Å². The second-order valence-corrected chi connectivity index (χ2v) is 9.47. The van der Waals surface area contributed by atoms with Gasteiger partial charge < -0.3 is 35.4 Å². The predicted molar refractivity (Wildman–Crippen MR) is 111 cm³/mol. The number of carbonyl (C=O) groups excluding carboxylic acids is 1. The fourth-order valence-electron chi connectivity index (χ4n) is 4.28. The summed E-state index contributed by atoms with van der Waals surface area (Å²) < 4.78 is 11.9. The van der Waals surface area contributed by atoms with E-state index < -0.39 is 41.9 Å². The van der Waals surface area contributed by atoms with Gasteiger partial charge in [0.15, 0.2) is 0 Å². The van der Waals surface area contributed by atoms with Gasteiger partial charge in [-0.1, -0.05) is 26.2 Å². The van der Waals surface area contributed by atoms with Crippen molar-refractivity contribution < 1.29 is 29.6 Å². The van der Waals surface area contributed by atoms with Crippen LogP contribution in [-0.4, -0.2) is 88.2 Å². The third kappa shape index (κ3) is 5.84. The molecule has 0 aromatic heterocycles. The number of aliphatic hydroxyl groups is 3. The highest BCUT2D eigenvalue weighted by atomic mass is 32.2. The Balaban J connectivity index is 1.66. The molecule has 3 heterocycles. The van der Waals surface area contributed by atoms with Crippen molar-refractivity contribution in [1.82, 2.24) is 10.6 Å². The Labute approximate surface area is 177 Å². The summed E-state index contributed by atoms with van der Waals surface area (Å²) in [5, 5.41) is 37.4. The number of hydrogen-bond acceptors (Lipinski definition) is 8. The van der Waals surface area contributed by atoms with Gasteiger partial charge in [-0.2, -0.15) is 0 Å². The zero-order valence-electron chi connectivity index (χ0n) is 17.2. The van der Waals surface area contributed by atoms with Crippen LogP contribution in [0.4, 0.5) is 0 Å². The summed E-state index contributed by atoms with van der Waals surface area (Å²) in [7, 11) is 0. The highest BCUT2D eigenvalue weighted by Gasteiger charge is 2.47. The molecule has 8 unspecified atom stereocenters. The Morgan fingerprint density at radius 3 is 2.79 bits per heavy atom. The normalized spacial score (nSPS) is 41.1. The Morgan fingerprint density at radius 1 is 1.17 bits per heavy atom. The minimum Gasteiger partial charge on any atom is -0.388 e. The van der Waals surface area contributed by atoms with Crippen LogP contribution in [0.25, 0.3) is 0 Å². The molecule has 0 radical (unpaired) electrons. The van der Waals surface area contributed by atoms with Gasteiger partial charge >= 0.3 is 0 Å². The second kappa shape index (κ2) is 11.3. The molecule has 8 atom stereocenters. The van der Waals surface area contributed by atoms with Crippen LogP contribution in [-0.2, 0) is 14.3 Å². The molecule has 5 N–H and O–H groups in total. The smallest absolute Gasteiger partial charge is 0.240 e. The number of carbonyl (C=O) groups is 1. The Kier molecular flexibility index (Phi) is 9.03. The van der Waals surface area contributed by atoms with Crippen LogP contribution >= 0.6 is 11.8 Å². The monoisotopic (exact) mass is 432 g/mol. The van der Waals surface area contributed by atoms with Gasteiger partial charge in [0.25, 0.3) is 0 Å². The Morgan fingerprint density at radius 2 is 2.00 bits per heavy atom. The highest BCUT2D eigenvalue weighted by molar-refractivity contribution is 7.99. The molecule has 29 heavy (non-hydrogen) atoms. The van der Waals surface area contributed by atoms with E-state index in [0.29, 0.717) is 13.0 Å². The quantitative estimate of drug-likeness (QED) is 0.376. The summed E-state index contributed by atoms with van der Waals surface area (Å²) in [6.45, 7) is 3.47. The van der Waals surface area contributed by atoms with Crippen LogP contribution in [0.2, 0.25) is 0 Å². The maximum Gasteiger partial charge on any atom is 0.240 e. The van der Waals surface area contributed by atoms with Crippen molar-refractivity contribution in [3.05, 3.63) is 0 Å². The van der Waals surface area contributed by atoms with E-state index in [1.165, 1.54) is 11.8 Å². The number of aliphatic hydroxyl groups excluding tert-OH is 3. The fraction of sp³-hybridized carbons (Fsp3) is 0.950. The first-order valence-corrected chi connectivity index (χ1v) is 12.0. The van der Waals surface area contributed by atoms with Crippen molar-refractivity contribution in [2.24, 2.45) is 0 Å². The largest absolute Gasteiger partial charge is 0.388 e. The summed E-state index contributed by atoms with van der Waals surface area (Å²) in [6.07, 6.45) is 1.75. The molecule has 0 aliphatic carbocycles. The van der Waals surface area contributed by atoms with Gasteiger partial charge in [-0.25, -0.2) is 0 Å². The fourth-order valence-corrected chi connectivity index (χ4v) is 5.45. The van der Waals surface area contributed by atoms with Gasteiger partial charge in [0.05, 0.1) is 12.1 Å². The van der Waals surface area contributed by atoms with Crippen molar-refractivity contribution in [3.8, 4) is 0 Å². The first-order chi connectivity index (χ1) is 14.0. The number of hydrogen-bond donors (Lipinski definition) is 5. The van der Waals surface area contributed by atoms with Crippen LogP contribution in [0, 0.1) is 0 Å². The van der Waals surface area contributed by atoms with Crippen LogP contribution in [0.1, 0.15) is 51.9 Å². The molecule has 2 bridgehead atoms. The molecule has 3 fully saturated rings. The predicted octanol–water partition coefficient (Wildman–Crippen LogP) is 0.133. The molecule has 1 amide bonds. The number of nitrogens with one attached hydrogen (secondary N) is 2. The molecule has 168 valence electrons. The number of amides is 1. The number of rotatable bonds is 6. The molecule has 0 aromatic carbocycles. The first kappa shape index (κ1) is 23.2. The number of fused-ring (bicyclic) bond motifs is 2. The average Bonchev–Trinajstić information content (AvgIpc) is 3.18. The minimum absolute atomic E-state index is 0.158. The van der Waals surface area contributed by atoms with E-state index in [2.05, 4.69) is 17.6 Å². The molecule has 3 saturated heterocycles. The molecular weight excluding hydrogens is 396 g/mol. The van der Waals surface area contributed by atoms with E-state index >= 15 is 0 Å². The Bertz CT molecular complexity index is 527. The number of thioether (sulfide) groups is 1. The molecule has 0 saturated carbocycles. The molecule has 0 spiro atoms. The summed E-state index contributed by atoms with van der Waals surface area (Å²) >= 11 is 1.46. The number of ether oxygens (including phenoxy) is 2. The van der Waals surface area contributed by atoms with E-state index in [-0.39, 0.29) is 12.0 Å². The SMILES string of the molecule is CCCCOC1CCNC1C(=O)NC1CCCCCSC2OC1C(O)C(O)C2O. The lowest BCUT2D eigenvalue weighted by atomic mass is 9.91. The third-order valence-corrected chi connectivity index (χ3v) is 7.29. The summed E-state index contributed by atoms with van der Waals surface area (Å²) in [5.74, 6) is 0.670. The van der Waals surface area contributed by atoms with Crippen molar-refractivity contribution in [2.45, 2.75) is 99.9 Å².